The molecule has 0 saturated heterocycles. The topological polar surface area (TPSA) is 138 Å². The Kier molecular flexibility index (Phi) is 5.26. The van der Waals surface area contributed by atoms with Crippen molar-refractivity contribution in [2.75, 3.05) is 24.2 Å². The van der Waals surface area contributed by atoms with Gasteiger partial charge in [0, 0.05) is 26.9 Å². The van der Waals surface area contributed by atoms with Crippen LogP contribution in [0, 0.1) is 12.7 Å². The van der Waals surface area contributed by atoms with Gasteiger partial charge in [-0.2, -0.15) is 0 Å². The lowest BCUT2D eigenvalue weighted by atomic mass is 10.1. The first-order valence-corrected chi connectivity index (χ1v) is 12.5. The fourth-order valence-corrected chi connectivity index (χ4v) is 4.88. The Morgan fingerprint density at radius 1 is 1.36 bits per heavy atom. The lowest BCUT2D eigenvalue weighted by molar-refractivity contribution is -0.0629. The second-order valence-corrected chi connectivity index (χ2v) is 9.76. The number of benzene rings is 1. The normalized spacial score (nSPS) is 32.2. The molecule has 2 fully saturated rings. The third-order valence-electron chi connectivity index (χ3n) is 6.16. The number of anilines is 1. The van der Waals surface area contributed by atoms with Crippen LogP contribution in [0.4, 0.5) is 10.2 Å². The number of rotatable bonds is 10. The molecule has 2 heterocycles. The van der Waals surface area contributed by atoms with Gasteiger partial charge in [-0.05, 0) is 36.9 Å². The van der Waals surface area contributed by atoms with Crippen molar-refractivity contribution in [3.8, 4) is 0 Å². The fraction of sp³-hybridized carbons (Fsp3) is 0.583. The van der Waals surface area contributed by atoms with Crippen LogP contribution in [0.15, 0.2) is 23.3 Å². The quantitative estimate of drug-likeness (QED) is 0.230. The van der Waals surface area contributed by atoms with Gasteiger partial charge in [-0.15, -0.1) is 5.10 Å². The van der Waals surface area contributed by atoms with Crippen molar-refractivity contribution in [1.29, 1.82) is 0 Å². The summed E-state index contributed by atoms with van der Waals surface area (Å²) < 4.78 is 77.5. The molecule has 0 bridgehead atoms. The van der Waals surface area contributed by atoms with Crippen molar-refractivity contribution < 1.29 is 34.0 Å². The van der Waals surface area contributed by atoms with Crippen LogP contribution in [0.25, 0.3) is 11.2 Å². The maximum absolute atomic E-state index is 14.7. The summed E-state index contributed by atoms with van der Waals surface area (Å²) in [5, 5.41) is 42.2. The SMILES string of the molecule is [2H]c1c([2H])c([C@H]2[C@H](Nc3nc(SCCC)nc4c3nnn4[C@@H]3C[C@H](OCC([2H])([2H])O)[C@@H](O)[C@H]3O)C2([2H])[2H])c([2H])c(F)c1C. The summed E-state index contributed by atoms with van der Waals surface area (Å²) in [6, 6.07) is -3.41. The largest absolute Gasteiger partial charge is 0.394 e. The summed E-state index contributed by atoms with van der Waals surface area (Å²) in [6.07, 6.45) is -5.10. The number of aliphatic hydroxyl groups excluding tert-OH is 2. The van der Waals surface area contributed by atoms with Crippen LogP contribution in [-0.2, 0) is 4.74 Å². The number of halogens is 1. The third kappa shape index (κ3) is 4.92. The maximum atomic E-state index is 14.7. The van der Waals surface area contributed by atoms with Crippen LogP contribution in [0.5, 0.6) is 0 Å². The summed E-state index contributed by atoms with van der Waals surface area (Å²) in [5.41, 5.74) is -0.112. The number of hydrogen-bond acceptors (Lipinski definition) is 10. The maximum Gasteiger partial charge on any atom is 0.191 e. The molecule has 4 N–H and O–H groups in total. The number of aliphatic hydroxyl groups is 3. The molecule has 5 rings (SSSR count). The smallest absolute Gasteiger partial charge is 0.191 e. The first-order chi connectivity index (χ1) is 20.1. The van der Waals surface area contributed by atoms with Crippen LogP contribution in [-0.4, -0.2) is 83.6 Å². The third-order valence-corrected chi connectivity index (χ3v) is 7.21. The van der Waals surface area contributed by atoms with Gasteiger partial charge in [0.2, 0.25) is 0 Å². The average molecular weight is 526 g/mol. The number of hydrogen-bond donors (Lipinski definition) is 4. The molecule has 194 valence electrons. The van der Waals surface area contributed by atoms with Crippen LogP contribution in [0.1, 0.15) is 58.8 Å². The Morgan fingerprint density at radius 2 is 2.19 bits per heavy atom. The first kappa shape index (κ1) is 18.0. The van der Waals surface area contributed by atoms with Crippen LogP contribution >= 0.6 is 11.8 Å². The molecule has 0 radical (unpaired) electrons. The Balaban J connectivity index is 1.50. The van der Waals surface area contributed by atoms with Crippen molar-refractivity contribution in [1.82, 2.24) is 25.0 Å². The molecule has 0 amide bonds. The number of nitrogens with zero attached hydrogens (tertiary/aromatic N) is 5. The number of thioether (sulfide) groups is 1. The molecule has 0 unspecified atom stereocenters. The zero-order chi connectivity index (χ0) is 31.6. The van der Waals surface area contributed by atoms with Gasteiger partial charge in [-0.25, -0.2) is 19.0 Å². The number of ether oxygens (including phenoxy) is 1. The molecule has 3 aromatic rings. The number of fused-ring (bicyclic) bond motifs is 1. The molecule has 2 aliphatic carbocycles. The van der Waals surface area contributed by atoms with Gasteiger partial charge in [0.1, 0.15) is 18.0 Å². The van der Waals surface area contributed by atoms with E-state index in [9.17, 15) is 19.7 Å². The summed E-state index contributed by atoms with van der Waals surface area (Å²) >= 11 is 1.31. The second-order valence-electron chi connectivity index (χ2n) is 8.70. The van der Waals surface area contributed by atoms with E-state index in [1.165, 1.54) is 23.4 Å². The highest BCUT2D eigenvalue weighted by Gasteiger charge is 2.45. The Labute approximate surface area is 222 Å². The predicted octanol–water partition coefficient (Wildman–Crippen LogP) is 2.18. The summed E-state index contributed by atoms with van der Waals surface area (Å²) in [6.45, 7) is -0.104. The minimum Gasteiger partial charge on any atom is -0.394 e. The van der Waals surface area contributed by atoms with Crippen molar-refractivity contribution in [3.63, 3.8) is 0 Å². The highest BCUT2D eigenvalue weighted by Crippen LogP contribution is 2.44. The first-order valence-electron chi connectivity index (χ1n) is 15.1. The lowest BCUT2D eigenvalue weighted by Gasteiger charge is -2.17. The van der Waals surface area contributed by atoms with Crippen LogP contribution < -0.4 is 5.32 Å². The standard InChI is InChI=1S/C24H31FN6O4S/c1-3-8-36-24-27-22(26-16-10-14(16)13-5-4-12(2)15(25)9-13)19-23(28-24)31(30-29-19)17-11-18(35-7-6-32)21(34)20(17)33/h4-5,9,14,16-18,20-21,32-34H,3,6-8,10-11H2,1-2H3,(H,26,27,28)/t14-,16+,17+,18-,20-,21+/m0/s1/i4D,5D,6D2,9D,10D2. The lowest BCUT2D eigenvalue weighted by Crippen LogP contribution is -2.33. The predicted molar refractivity (Wildman–Crippen MR) is 133 cm³/mol. The minimum atomic E-state index is -2.64. The van der Waals surface area contributed by atoms with E-state index in [2.05, 4.69) is 25.6 Å². The van der Waals surface area contributed by atoms with Crippen LogP contribution in [0.3, 0.4) is 0 Å². The average Bonchev–Trinajstić information content (AvgIpc) is 3.21. The minimum absolute atomic E-state index is 0.0126. The number of aromatic nitrogens is 5. The monoisotopic (exact) mass is 525 g/mol. The van der Waals surface area contributed by atoms with E-state index in [1.807, 2.05) is 6.92 Å². The molecule has 0 spiro atoms. The fourth-order valence-electron chi connectivity index (χ4n) is 4.19. The van der Waals surface area contributed by atoms with E-state index >= 15 is 0 Å². The van der Waals surface area contributed by atoms with Crippen molar-refractivity contribution in [3.05, 3.63) is 35.1 Å². The van der Waals surface area contributed by atoms with E-state index in [0.29, 0.717) is 5.75 Å². The van der Waals surface area contributed by atoms with E-state index in [1.54, 1.807) is 0 Å². The Hall–Kier alpha value is -2.38. The molecule has 1 aromatic carbocycles. The molecule has 0 aliphatic heterocycles. The van der Waals surface area contributed by atoms with Gasteiger partial charge in [-0.1, -0.05) is 36.0 Å². The van der Waals surface area contributed by atoms with Gasteiger partial charge < -0.3 is 25.4 Å². The second kappa shape index (κ2) is 10.5. The van der Waals surface area contributed by atoms with Crippen molar-refractivity contribution in [2.45, 2.75) is 74.5 Å². The van der Waals surface area contributed by atoms with Crippen molar-refractivity contribution in [2.24, 2.45) is 0 Å². The highest BCUT2D eigenvalue weighted by atomic mass is 32.2. The molecule has 10 nitrogen and oxygen atoms in total. The zero-order valence-corrected chi connectivity index (χ0v) is 20.4. The van der Waals surface area contributed by atoms with Crippen molar-refractivity contribution >= 4 is 28.7 Å². The van der Waals surface area contributed by atoms with E-state index in [-0.39, 0.29) is 39.7 Å². The Morgan fingerprint density at radius 3 is 2.97 bits per heavy atom. The molecular weight excluding hydrogens is 487 g/mol. The van der Waals surface area contributed by atoms with Gasteiger partial charge in [0.05, 0.1) is 32.2 Å². The molecule has 2 aliphatic rings. The number of nitrogens with one attached hydrogen (secondary N) is 1. The van der Waals surface area contributed by atoms with Gasteiger partial charge in [0.15, 0.2) is 22.1 Å². The molecule has 12 heteroatoms. The summed E-state index contributed by atoms with van der Waals surface area (Å²) in [4.78, 5) is 9.04. The molecule has 6 atom stereocenters. The Bertz CT molecular complexity index is 1520. The molecule has 2 saturated carbocycles. The summed E-state index contributed by atoms with van der Waals surface area (Å²) in [5.74, 6) is -1.38. The van der Waals surface area contributed by atoms with E-state index < -0.39 is 79.8 Å². The zero-order valence-electron chi connectivity index (χ0n) is 26.6. The van der Waals surface area contributed by atoms with Gasteiger partial charge in [-0.3, -0.25) is 0 Å². The van der Waals surface area contributed by atoms with Gasteiger partial charge in [0.25, 0.3) is 0 Å². The molecule has 2 aromatic heterocycles. The summed E-state index contributed by atoms with van der Waals surface area (Å²) in [7, 11) is 0. The van der Waals surface area contributed by atoms with Crippen LogP contribution in [0.2, 0.25) is 0 Å². The van der Waals surface area contributed by atoms with E-state index in [0.717, 1.165) is 6.42 Å². The molecule has 36 heavy (non-hydrogen) atoms. The molecular formula is C24H31FN6O4S. The highest BCUT2D eigenvalue weighted by molar-refractivity contribution is 7.99. The van der Waals surface area contributed by atoms with Gasteiger partial charge >= 0.3 is 0 Å². The van der Waals surface area contributed by atoms with E-state index in [4.69, 9.17) is 14.3 Å².